The number of ether oxygens (including phenoxy) is 1. The highest BCUT2D eigenvalue weighted by atomic mass is 16.5. The number of rotatable bonds is 7. The molecule has 0 bridgehead atoms. The molecule has 2 rings (SSSR count). The highest BCUT2D eigenvalue weighted by Crippen LogP contribution is 2.16. The van der Waals surface area contributed by atoms with E-state index < -0.39 is 6.10 Å². The zero-order valence-electron chi connectivity index (χ0n) is 12.6. The van der Waals surface area contributed by atoms with Gasteiger partial charge in [0.2, 0.25) is 0 Å². The summed E-state index contributed by atoms with van der Waals surface area (Å²) in [5.74, 6) is 0.827. The number of hydrogen-bond donors (Lipinski definition) is 2. The summed E-state index contributed by atoms with van der Waals surface area (Å²) in [4.78, 5) is 0. The lowest BCUT2D eigenvalue weighted by molar-refractivity contribution is 0.104. The fourth-order valence-electron chi connectivity index (χ4n) is 2.14. The maximum absolute atomic E-state index is 10.0. The van der Waals surface area contributed by atoms with Gasteiger partial charge < -0.3 is 15.2 Å². The van der Waals surface area contributed by atoms with Crippen molar-refractivity contribution in [1.29, 1.82) is 0 Å². The minimum absolute atomic E-state index is 0.208. The molecule has 112 valence electrons. The molecule has 2 aromatic rings. The van der Waals surface area contributed by atoms with E-state index >= 15 is 0 Å². The smallest absolute Gasteiger partial charge is 0.122 e. The normalized spacial score (nSPS) is 13.7. The van der Waals surface area contributed by atoms with E-state index in [-0.39, 0.29) is 6.04 Å². The first-order chi connectivity index (χ1) is 10.2. The maximum Gasteiger partial charge on any atom is 0.122 e. The maximum atomic E-state index is 10.0. The van der Waals surface area contributed by atoms with Crippen LogP contribution in [0.2, 0.25) is 0 Å². The number of benzene rings is 2. The largest absolute Gasteiger partial charge is 0.491 e. The molecule has 0 saturated heterocycles. The minimum atomic E-state index is -0.532. The topological polar surface area (TPSA) is 41.5 Å². The second-order valence-electron chi connectivity index (χ2n) is 5.27. The van der Waals surface area contributed by atoms with Gasteiger partial charge in [-0.3, -0.25) is 0 Å². The van der Waals surface area contributed by atoms with Crippen molar-refractivity contribution in [3.8, 4) is 5.75 Å². The van der Waals surface area contributed by atoms with Gasteiger partial charge >= 0.3 is 0 Å². The number of aryl methyl sites for hydroxylation is 1. The van der Waals surface area contributed by atoms with Crippen LogP contribution in [-0.2, 0) is 0 Å². The third-order valence-electron chi connectivity index (χ3n) is 3.48. The Hall–Kier alpha value is -1.84. The molecule has 0 aromatic heterocycles. The quantitative estimate of drug-likeness (QED) is 0.821. The van der Waals surface area contributed by atoms with Crippen LogP contribution < -0.4 is 10.1 Å². The van der Waals surface area contributed by atoms with Crippen LogP contribution in [-0.4, -0.2) is 24.4 Å². The Morgan fingerprint density at radius 3 is 2.43 bits per heavy atom. The van der Waals surface area contributed by atoms with Crippen LogP contribution in [0.25, 0.3) is 0 Å². The molecule has 21 heavy (non-hydrogen) atoms. The van der Waals surface area contributed by atoms with Crippen LogP contribution in [0.15, 0.2) is 54.6 Å². The van der Waals surface area contributed by atoms with E-state index in [0.717, 1.165) is 11.3 Å². The zero-order valence-corrected chi connectivity index (χ0v) is 12.6. The predicted molar refractivity (Wildman–Crippen MR) is 85.5 cm³/mol. The molecule has 3 heteroatoms. The Kier molecular flexibility index (Phi) is 5.78. The molecule has 0 aliphatic rings. The van der Waals surface area contributed by atoms with E-state index in [4.69, 9.17) is 4.74 Å². The van der Waals surface area contributed by atoms with Crippen LogP contribution in [0.1, 0.15) is 24.1 Å². The van der Waals surface area contributed by atoms with Gasteiger partial charge in [-0.15, -0.1) is 0 Å². The number of aliphatic hydroxyl groups is 1. The van der Waals surface area contributed by atoms with Crippen molar-refractivity contribution in [1.82, 2.24) is 5.32 Å². The first-order valence-electron chi connectivity index (χ1n) is 7.31. The van der Waals surface area contributed by atoms with Gasteiger partial charge in [0.05, 0.1) is 0 Å². The fraction of sp³-hybridized carbons (Fsp3) is 0.333. The van der Waals surface area contributed by atoms with Crippen LogP contribution >= 0.6 is 0 Å². The molecule has 0 radical (unpaired) electrons. The molecular formula is C18H23NO2. The minimum Gasteiger partial charge on any atom is -0.491 e. The van der Waals surface area contributed by atoms with Crippen molar-refractivity contribution in [2.24, 2.45) is 0 Å². The summed E-state index contributed by atoms with van der Waals surface area (Å²) in [6.07, 6.45) is -0.532. The number of para-hydroxylation sites is 1. The van der Waals surface area contributed by atoms with Crippen molar-refractivity contribution in [2.45, 2.75) is 26.0 Å². The summed E-state index contributed by atoms with van der Waals surface area (Å²) in [5.41, 5.74) is 2.29. The Balaban J connectivity index is 1.75. The van der Waals surface area contributed by atoms with Gasteiger partial charge in [0.15, 0.2) is 0 Å². The van der Waals surface area contributed by atoms with Gasteiger partial charge in [0, 0.05) is 12.6 Å². The average Bonchev–Trinajstić information content (AvgIpc) is 2.52. The lowest BCUT2D eigenvalue weighted by atomic mass is 10.1. The second kappa shape index (κ2) is 7.81. The summed E-state index contributed by atoms with van der Waals surface area (Å²) in [6, 6.07) is 18.2. The first-order valence-corrected chi connectivity index (χ1v) is 7.31. The van der Waals surface area contributed by atoms with Gasteiger partial charge in [0.25, 0.3) is 0 Å². The predicted octanol–water partition coefficient (Wildman–Crippen LogP) is 3.09. The van der Waals surface area contributed by atoms with Gasteiger partial charge in [0.1, 0.15) is 18.5 Å². The monoisotopic (exact) mass is 285 g/mol. The lowest BCUT2D eigenvalue weighted by Gasteiger charge is -2.18. The third-order valence-corrected chi connectivity index (χ3v) is 3.48. The third kappa shape index (κ3) is 4.88. The molecule has 0 spiro atoms. The summed E-state index contributed by atoms with van der Waals surface area (Å²) in [5, 5.41) is 13.3. The molecule has 2 atom stereocenters. The van der Waals surface area contributed by atoms with Crippen molar-refractivity contribution >= 4 is 0 Å². The average molecular weight is 285 g/mol. The Labute approximate surface area is 126 Å². The van der Waals surface area contributed by atoms with Crippen molar-refractivity contribution in [3.05, 3.63) is 65.7 Å². The summed E-state index contributed by atoms with van der Waals surface area (Å²) in [6.45, 7) is 4.88. The van der Waals surface area contributed by atoms with Crippen molar-refractivity contribution in [2.75, 3.05) is 13.2 Å². The van der Waals surface area contributed by atoms with E-state index in [9.17, 15) is 5.11 Å². The van der Waals surface area contributed by atoms with Gasteiger partial charge in [-0.1, -0.05) is 48.5 Å². The molecular weight excluding hydrogens is 262 g/mol. The standard InChI is InChI=1S/C18H23NO2/c1-14-8-6-7-11-18(14)21-13-17(20)12-19-15(2)16-9-4-3-5-10-16/h3-11,15,17,19-20H,12-13H2,1-2H3/t15-,17?/m1/s1. The molecule has 0 aliphatic heterocycles. The summed E-state index contributed by atoms with van der Waals surface area (Å²) < 4.78 is 5.65. The van der Waals surface area contributed by atoms with Crippen molar-refractivity contribution < 1.29 is 9.84 Å². The van der Waals surface area contributed by atoms with E-state index in [1.807, 2.05) is 49.4 Å². The molecule has 0 heterocycles. The second-order valence-corrected chi connectivity index (χ2v) is 5.27. The molecule has 1 unspecified atom stereocenters. The van der Waals surface area contributed by atoms with Gasteiger partial charge in [-0.25, -0.2) is 0 Å². The molecule has 0 aliphatic carbocycles. The number of hydrogen-bond acceptors (Lipinski definition) is 3. The Bertz CT molecular complexity index is 542. The molecule has 0 amide bonds. The SMILES string of the molecule is Cc1ccccc1OCC(O)CN[C@H](C)c1ccccc1. The lowest BCUT2D eigenvalue weighted by Crippen LogP contribution is -2.33. The van der Waals surface area contributed by atoms with Gasteiger partial charge in [-0.2, -0.15) is 0 Å². The fourth-order valence-corrected chi connectivity index (χ4v) is 2.14. The van der Waals surface area contributed by atoms with Gasteiger partial charge in [-0.05, 0) is 31.0 Å². The van der Waals surface area contributed by atoms with E-state index in [2.05, 4.69) is 24.4 Å². The van der Waals surface area contributed by atoms with E-state index in [0.29, 0.717) is 13.2 Å². The van der Waals surface area contributed by atoms with E-state index in [1.165, 1.54) is 5.56 Å². The van der Waals surface area contributed by atoms with Crippen LogP contribution in [0.5, 0.6) is 5.75 Å². The van der Waals surface area contributed by atoms with Crippen LogP contribution in [0.3, 0.4) is 0 Å². The first kappa shape index (κ1) is 15.5. The summed E-state index contributed by atoms with van der Waals surface area (Å²) in [7, 11) is 0. The molecule has 0 fully saturated rings. The number of nitrogens with one attached hydrogen (secondary N) is 1. The molecule has 0 saturated carbocycles. The highest BCUT2D eigenvalue weighted by Gasteiger charge is 2.09. The van der Waals surface area contributed by atoms with Crippen LogP contribution in [0.4, 0.5) is 0 Å². The molecule has 2 aromatic carbocycles. The van der Waals surface area contributed by atoms with E-state index in [1.54, 1.807) is 0 Å². The number of aliphatic hydroxyl groups excluding tert-OH is 1. The summed E-state index contributed by atoms with van der Waals surface area (Å²) >= 11 is 0. The molecule has 2 N–H and O–H groups in total. The zero-order chi connectivity index (χ0) is 15.1. The Morgan fingerprint density at radius 2 is 1.71 bits per heavy atom. The highest BCUT2D eigenvalue weighted by molar-refractivity contribution is 5.31. The Morgan fingerprint density at radius 1 is 1.05 bits per heavy atom. The van der Waals surface area contributed by atoms with Crippen LogP contribution in [0, 0.1) is 6.92 Å². The molecule has 3 nitrogen and oxygen atoms in total. The van der Waals surface area contributed by atoms with Crippen molar-refractivity contribution in [3.63, 3.8) is 0 Å².